The van der Waals surface area contributed by atoms with Crippen molar-refractivity contribution in [3.63, 3.8) is 0 Å². The Morgan fingerprint density at radius 2 is 2.12 bits per heavy atom. The van der Waals surface area contributed by atoms with E-state index in [1.807, 2.05) is 0 Å². The number of nitrogens with one attached hydrogen (secondary N) is 1. The summed E-state index contributed by atoms with van der Waals surface area (Å²) in [5, 5.41) is 10.5. The highest BCUT2D eigenvalue weighted by Gasteiger charge is 2.09. The summed E-state index contributed by atoms with van der Waals surface area (Å²) in [7, 11) is 0. The molecule has 0 aliphatic carbocycles. The van der Waals surface area contributed by atoms with Gasteiger partial charge < -0.3 is 4.52 Å². The van der Waals surface area contributed by atoms with E-state index in [2.05, 4.69) is 15.4 Å². The zero-order valence-electron chi connectivity index (χ0n) is 8.72. The minimum absolute atomic E-state index is 0.298. The average Bonchev–Trinajstić information content (AvgIpc) is 3.00. The van der Waals surface area contributed by atoms with E-state index >= 15 is 0 Å². The molecule has 0 aliphatic heterocycles. The van der Waals surface area contributed by atoms with E-state index in [4.69, 9.17) is 4.52 Å². The summed E-state index contributed by atoms with van der Waals surface area (Å²) < 4.78 is 18.2. The topological polar surface area (TPSA) is 54.7 Å². The van der Waals surface area contributed by atoms with Gasteiger partial charge in [0.15, 0.2) is 5.76 Å². The second kappa shape index (κ2) is 3.86. The van der Waals surface area contributed by atoms with E-state index in [1.165, 1.54) is 12.1 Å². The molecular weight excluding hydrogens is 221 g/mol. The van der Waals surface area contributed by atoms with Crippen LogP contribution in [0.3, 0.4) is 0 Å². The number of nitrogens with zero attached hydrogens (tertiary/aromatic N) is 2. The SMILES string of the molecule is Fc1cccc(-c2cc(-c3ccn[nH]3)on2)c1. The van der Waals surface area contributed by atoms with Crippen molar-refractivity contribution in [2.75, 3.05) is 0 Å². The third-order valence-corrected chi connectivity index (χ3v) is 2.40. The standard InChI is InChI=1S/C12H8FN3O/c13-9-3-1-2-8(6-9)11-7-12(17-16-11)10-4-5-14-15-10/h1-7H,(H,14,15). The van der Waals surface area contributed by atoms with Gasteiger partial charge in [0, 0.05) is 17.8 Å². The third-order valence-electron chi connectivity index (χ3n) is 2.40. The number of halogens is 1. The zero-order chi connectivity index (χ0) is 11.7. The second-order valence-corrected chi connectivity index (χ2v) is 3.56. The van der Waals surface area contributed by atoms with Crippen LogP contribution in [0.1, 0.15) is 0 Å². The lowest BCUT2D eigenvalue weighted by molar-refractivity contribution is 0.433. The highest BCUT2D eigenvalue weighted by atomic mass is 19.1. The van der Waals surface area contributed by atoms with E-state index in [0.29, 0.717) is 17.0 Å². The zero-order valence-corrected chi connectivity index (χ0v) is 8.72. The minimum atomic E-state index is -0.298. The van der Waals surface area contributed by atoms with Gasteiger partial charge in [-0.1, -0.05) is 17.3 Å². The van der Waals surface area contributed by atoms with Gasteiger partial charge in [0.2, 0.25) is 0 Å². The molecule has 2 heterocycles. The first-order valence-corrected chi connectivity index (χ1v) is 5.05. The lowest BCUT2D eigenvalue weighted by Gasteiger charge is -1.93. The average molecular weight is 229 g/mol. The molecule has 0 fully saturated rings. The third kappa shape index (κ3) is 1.82. The van der Waals surface area contributed by atoms with Crippen LogP contribution in [-0.2, 0) is 0 Å². The molecular formula is C12H8FN3O. The van der Waals surface area contributed by atoms with Gasteiger partial charge in [0.05, 0.1) is 0 Å². The number of benzene rings is 1. The molecule has 0 amide bonds. The maximum Gasteiger partial charge on any atom is 0.185 e. The van der Waals surface area contributed by atoms with E-state index in [0.717, 1.165) is 5.69 Å². The molecule has 0 saturated carbocycles. The molecule has 0 atom stereocenters. The molecule has 84 valence electrons. The largest absolute Gasteiger partial charge is 0.354 e. The van der Waals surface area contributed by atoms with E-state index in [9.17, 15) is 4.39 Å². The van der Waals surface area contributed by atoms with E-state index in [1.54, 1.807) is 30.5 Å². The molecule has 0 aliphatic rings. The molecule has 5 heteroatoms. The van der Waals surface area contributed by atoms with Crippen molar-refractivity contribution in [1.29, 1.82) is 0 Å². The fourth-order valence-electron chi connectivity index (χ4n) is 1.58. The van der Waals surface area contributed by atoms with Crippen molar-refractivity contribution >= 4 is 0 Å². The molecule has 1 aromatic carbocycles. The highest BCUT2D eigenvalue weighted by Crippen LogP contribution is 2.24. The highest BCUT2D eigenvalue weighted by molar-refractivity contribution is 5.64. The summed E-state index contributed by atoms with van der Waals surface area (Å²) in [6.07, 6.45) is 1.62. The molecule has 0 radical (unpaired) electrons. The van der Waals surface area contributed by atoms with Crippen molar-refractivity contribution in [2.24, 2.45) is 0 Å². The fraction of sp³-hybridized carbons (Fsp3) is 0. The van der Waals surface area contributed by atoms with E-state index < -0.39 is 0 Å². The van der Waals surface area contributed by atoms with Crippen LogP contribution in [0.5, 0.6) is 0 Å². The van der Waals surface area contributed by atoms with Crippen molar-refractivity contribution in [2.45, 2.75) is 0 Å². The summed E-state index contributed by atoms with van der Waals surface area (Å²) in [5.74, 6) is 0.273. The van der Waals surface area contributed by atoms with Gasteiger partial charge in [-0.15, -0.1) is 0 Å². The van der Waals surface area contributed by atoms with Crippen LogP contribution >= 0.6 is 0 Å². The number of hydrogen-bond acceptors (Lipinski definition) is 3. The maximum absolute atomic E-state index is 13.1. The Bertz CT molecular complexity index is 631. The first-order chi connectivity index (χ1) is 8.33. The Labute approximate surface area is 96.1 Å². The Morgan fingerprint density at radius 3 is 2.88 bits per heavy atom. The Hall–Kier alpha value is -2.43. The molecule has 0 bridgehead atoms. The van der Waals surface area contributed by atoms with Crippen LogP contribution in [0, 0.1) is 5.82 Å². The van der Waals surface area contributed by atoms with Gasteiger partial charge in [0.25, 0.3) is 0 Å². The quantitative estimate of drug-likeness (QED) is 0.735. The molecule has 2 aromatic heterocycles. The molecule has 4 nitrogen and oxygen atoms in total. The van der Waals surface area contributed by atoms with Crippen LogP contribution in [0.4, 0.5) is 4.39 Å². The lowest BCUT2D eigenvalue weighted by Crippen LogP contribution is -1.78. The number of rotatable bonds is 2. The molecule has 1 N–H and O–H groups in total. The lowest BCUT2D eigenvalue weighted by atomic mass is 10.1. The van der Waals surface area contributed by atoms with Crippen LogP contribution in [0.15, 0.2) is 47.1 Å². The molecule has 3 aromatic rings. The molecule has 0 saturated heterocycles. The second-order valence-electron chi connectivity index (χ2n) is 3.56. The van der Waals surface area contributed by atoms with Gasteiger partial charge in [0.1, 0.15) is 17.2 Å². The van der Waals surface area contributed by atoms with Gasteiger partial charge in [-0.25, -0.2) is 4.39 Å². The van der Waals surface area contributed by atoms with Crippen molar-refractivity contribution < 1.29 is 8.91 Å². The Balaban J connectivity index is 2.01. The maximum atomic E-state index is 13.1. The summed E-state index contributed by atoms with van der Waals surface area (Å²) in [6.45, 7) is 0. The summed E-state index contributed by atoms with van der Waals surface area (Å²) in [5.41, 5.74) is 2.01. The monoisotopic (exact) mass is 229 g/mol. The van der Waals surface area contributed by atoms with Crippen molar-refractivity contribution in [1.82, 2.24) is 15.4 Å². The van der Waals surface area contributed by atoms with Crippen LogP contribution in [-0.4, -0.2) is 15.4 Å². The van der Waals surface area contributed by atoms with Crippen LogP contribution in [0.25, 0.3) is 22.7 Å². The number of H-pyrrole nitrogens is 1. The van der Waals surface area contributed by atoms with Crippen LogP contribution in [0.2, 0.25) is 0 Å². The Kier molecular flexibility index (Phi) is 2.22. The predicted molar refractivity (Wildman–Crippen MR) is 59.5 cm³/mol. The first kappa shape index (κ1) is 9.77. The molecule has 3 rings (SSSR count). The molecule has 0 unspecified atom stereocenters. The fourth-order valence-corrected chi connectivity index (χ4v) is 1.58. The minimum Gasteiger partial charge on any atom is -0.354 e. The number of aromatic amines is 1. The van der Waals surface area contributed by atoms with Crippen molar-refractivity contribution in [3.8, 4) is 22.7 Å². The van der Waals surface area contributed by atoms with Crippen LogP contribution < -0.4 is 0 Å². The number of hydrogen-bond donors (Lipinski definition) is 1. The first-order valence-electron chi connectivity index (χ1n) is 5.05. The predicted octanol–water partition coefficient (Wildman–Crippen LogP) is 2.87. The normalized spacial score (nSPS) is 10.6. The van der Waals surface area contributed by atoms with Crippen molar-refractivity contribution in [3.05, 3.63) is 48.4 Å². The number of aromatic nitrogens is 3. The van der Waals surface area contributed by atoms with E-state index in [-0.39, 0.29) is 5.82 Å². The molecule has 17 heavy (non-hydrogen) atoms. The van der Waals surface area contributed by atoms with Gasteiger partial charge in [-0.05, 0) is 18.2 Å². The Morgan fingerprint density at radius 1 is 1.18 bits per heavy atom. The summed E-state index contributed by atoms with van der Waals surface area (Å²) in [4.78, 5) is 0. The summed E-state index contributed by atoms with van der Waals surface area (Å²) in [6, 6.07) is 9.72. The smallest absolute Gasteiger partial charge is 0.185 e. The van der Waals surface area contributed by atoms with Gasteiger partial charge >= 0.3 is 0 Å². The van der Waals surface area contributed by atoms with Gasteiger partial charge in [-0.2, -0.15) is 5.10 Å². The summed E-state index contributed by atoms with van der Waals surface area (Å²) >= 11 is 0. The van der Waals surface area contributed by atoms with Gasteiger partial charge in [-0.3, -0.25) is 5.10 Å². The molecule has 0 spiro atoms.